The summed E-state index contributed by atoms with van der Waals surface area (Å²) in [6.45, 7) is 8.27. The number of benzene rings is 8. The van der Waals surface area contributed by atoms with Crippen molar-refractivity contribution in [3.8, 4) is 22.3 Å². The third-order valence-corrected chi connectivity index (χ3v) is 13.1. The molecule has 0 aliphatic carbocycles. The summed E-state index contributed by atoms with van der Waals surface area (Å²) in [5, 5.41) is 9.56. The van der Waals surface area contributed by atoms with Crippen molar-refractivity contribution in [2.45, 2.75) is 38.9 Å². The molecule has 6 nitrogen and oxygen atoms in total. The predicted octanol–water partition coefficient (Wildman–Crippen LogP) is 15.3. The normalized spacial score (nSPS) is 15.0. The average molecular weight is 829 g/mol. The van der Waals surface area contributed by atoms with Gasteiger partial charge in [-0.2, -0.15) is 0 Å². The second-order valence-electron chi connectivity index (χ2n) is 17.2. The summed E-state index contributed by atoms with van der Waals surface area (Å²) < 4.78 is 36.8. The van der Waals surface area contributed by atoms with Gasteiger partial charge in [0.15, 0.2) is 0 Å². The predicted molar refractivity (Wildman–Crippen MR) is 254 cm³/mol. The van der Waals surface area contributed by atoms with Crippen LogP contribution < -0.4 is 5.46 Å². The largest absolute Gasteiger partial charge is 0.494 e. The van der Waals surface area contributed by atoms with Crippen molar-refractivity contribution in [3.05, 3.63) is 163 Å². The number of hydrogen-bond donors (Lipinski definition) is 0. The maximum atomic E-state index is 6.23. The third-order valence-electron chi connectivity index (χ3n) is 12.9. The Hall–Kier alpha value is -6.77. The van der Waals surface area contributed by atoms with Crippen LogP contribution in [0.2, 0.25) is 5.02 Å². The van der Waals surface area contributed by atoms with Gasteiger partial charge in [-0.3, -0.25) is 0 Å². The van der Waals surface area contributed by atoms with Gasteiger partial charge >= 0.3 is 7.12 Å². The van der Waals surface area contributed by atoms with Gasteiger partial charge in [-0.25, -0.2) is 0 Å². The monoisotopic (exact) mass is 828 g/mol. The molecule has 0 bridgehead atoms. The first kappa shape index (κ1) is 37.0. The van der Waals surface area contributed by atoms with Crippen LogP contribution >= 0.6 is 11.6 Å². The van der Waals surface area contributed by atoms with Crippen molar-refractivity contribution in [3.63, 3.8) is 0 Å². The molecule has 13 rings (SSSR count). The van der Waals surface area contributed by atoms with Crippen LogP contribution in [0.15, 0.2) is 175 Å². The van der Waals surface area contributed by atoms with Crippen molar-refractivity contribution in [1.82, 2.24) is 0 Å². The summed E-state index contributed by atoms with van der Waals surface area (Å²) in [5.74, 6) is 0. The van der Waals surface area contributed by atoms with E-state index in [1.165, 1.54) is 0 Å². The lowest BCUT2D eigenvalue weighted by Crippen LogP contribution is -2.41. The summed E-state index contributed by atoms with van der Waals surface area (Å²) in [7, 11) is -0.413. The maximum absolute atomic E-state index is 6.23. The van der Waals surface area contributed by atoms with Crippen molar-refractivity contribution < 1.29 is 27.0 Å². The standard InChI is InChI=1S/C30H25BO4.C24H13ClO2/c1-29(2)30(3,4)35-31(34-29)20-11-13-23-24-15-18(10-14-26(24)33-28(23)17-20)19-9-12-22-21-7-5-6-8-25(21)32-27(22)16-19;25-16-7-9-19-20-11-14(6-10-22(20)27-24(19)13-16)15-5-8-18-17-3-1-2-4-21(17)26-23(18)12-15/h5-17H,1-4H3;1-13H. The Labute approximate surface area is 361 Å². The number of furan rings is 4. The first-order valence-corrected chi connectivity index (χ1v) is 21.2. The molecule has 0 N–H and O–H groups in total. The van der Waals surface area contributed by atoms with Crippen LogP contribution in [0.5, 0.6) is 0 Å². The summed E-state index contributed by atoms with van der Waals surface area (Å²) in [5.41, 5.74) is 11.7. The summed E-state index contributed by atoms with van der Waals surface area (Å²) >= 11 is 6.09. The molecule has 1 saturated heterocycles. The lowest BCUT2D eigenvalue weighted by Gasteiger charge is -2.32. The Balaban J connectivity index is 0.000000137. The lowest BCUT2D eigenvalue weighted by atomic mass is 9.79. The smallest absolute Gasteiger partial charge is 0.456 e. The summed E-state index contributed by atoms with van der Waals surface area (Å²) in [4.78, 5) is 0. The van der Waals surface area contributed by atoms with E-state index in [2.05, 4.69) is 113 Å². The molecule has 8 heteroatoms. The van der Waals surface area contributed by atoms with Gasteiger partial charge in [0.05, 0.1) is 11.2 Å². The van der Waals surface area contributed by atoms with E-state index in [9.17, 15) is 0 Å². The van der Waals surface area contributed by atoms with E-state index in [4.69, 9.17) is 38.6 Å². The second-order valence-corrected chi connectivity index (χ2v) is 17.7. The molecule has 0 saturated carbocycles. The van der Waals surface area contributed by atoms with Crippen molar-refractivity contribution in [1.29, 1.82) is 0 Å². The second kappa shape index (κ2) is 13.6. The van der Waals surface area contributed by atoms with Crippen LogP contribution in [0.4, 0.5) is 0 Å². The van der Waals surface area contributed by atoms with Gasteiger partial charge in [-0.05, 0) is 134 Å². The number of hydrogen-bond acceptors (Lipinski definition) is 6. The van der Waals surface area contributed by atoms with Gasteiger partial charge in [0.25, 0.3) is 0 Å². The highest BCUT2D eigenvalue weighted by atomic mass is 35.5. The highest BCUT2D eigenvalue weighted by Gasteiger charge is 2.51. The van der Waals surface area contributed by atoms with Gasteiger partial charge < -0.3 is 27.0 Å². The van der Waals surface area contributed by atoms with E-state index in [1.807, 2.05) is 72.8 Å². The molecule has 12 aromatic rings. The minimum Gasteiger partial charge on any atom is -0.456 e. The maximum Gasteiger partial charge on any atom is 0.494 e. The molecular formula is C54H38BClO6. The molecule has 1 aliphatic heterocycles. The molecular weight excluding hydrogens is 791 g/mol. The number of fused-ring (bicyclic) bond motifs is 12. The molecule has 0 spiro atoms. The molecule has 1 fully saturated rings. The number of halogens is 1. The van der Waals surface area contributed by atoms with E-state index in [-0.39, 0.29) is 11.2 Å². The van der Waals surface area contributed by atoms with Gasteiger partial charge in [0.1, 0.15) is 44.7 Å². The average Bonchev–Trinajstić information content (AvgIpc) is 4.07. The molecule has 0 atom stereocenters. The molecule has 62 heavy (non-hydrogen) atoms. The quantitative estimate of drug-likeness (QED) is 0.165. The van der Waals surface area contributed by atoms with E-state index in [0.717, 1.165) is 115 Å². The van der Waals surface area contributed by atoms with E-state index in [1.54, 1.807) is 0 Å². The van der Waals surface area contributed by atoms with Gasteiger partial charge in [0.2, 0.25) is 0 Å². The fourth-order valence-corrected chi connectivity index (χ4v) is 9.00. The number of rotatable bonds is 3. The van der Waals surface area contributed by atoms with Crippen LogP contribution in [0.25, 0.3) is 110 Å². The highest BCUT2D eigenvalue weighted by Crippen LogP contribution is 2.40. The van der Waals surface area contributed by atoms with Crippen LogP contribution in [0, 0.1) is 0 Å². The van der Waals surface area contributed by atoms with Gasteiger partial charge in [-0.1, -0.05) is 84.4 Å². The summed E-state index contributed by atoms with van der Waals surface area (Å²) in [6.07, 6.45) is 0. The lowest BCUT2D eigenvalue weighted by molar-refractivity contribution is 0.00578. The fourth-order valence-electron chi connectivity index (χ4n) is 8.84. The van der Waals surface area contributed by atoms with Gasteiger partial charge in [0, 0.05) is 54.2 Å². The zero-order chi connectivity index (χ0) is 41.9. The molecule has 5 heterocycles. The number of para-hydroxylation sites is 2. The van der Waals surface area contributed by atoms with E-state index >= 15 is 0 Å². The van der Waals surface area contributed by atoms with Crippen molar-refractivity contribution in [2.75, 3.05) is 0 Å². The van der Waals surface area contributed by atoms with Crippen LogP contribution in [-0.4, -0.2) is 18.3 Å². The van der Waals surface area contributed by atoms with Crippen LogP contribution in [0.3, 0.4) is 0 Å². The minimum atomic E-state index is -0.413. The molecule has 0 unspecified atom stereocenters. The SMILES string of the molecule is CC1(C)OB(c2ccc3c(c2)oc2ccc(-c4ccc5c(c4)oc4ccccc45)cc23)OC1(C)C.Clc1ccc2c(c1)oc1ccc(-c3ccc4c(c3)oc3ccccc34)cc12. The Bertz CT molecular complexity index is 3740. The van der Waals surface area contributed by atoms with Crippen LogP contribution in [-0.2, 0) is 9.31 Å². The van der Waals surface area contributed by atoms with E-state index in [0.29, 0.717) is 5.02 Å². The first-order chi connectivity index (χ1) is 30.0. The molecule has 0 amide bonds. The van der Waals surface area contributed by atoms with E-state index < -0.39 is 7.12 Å². The van der Waals surface area contributed by atoms with Crippen LogP contribution in [0.1, 0.15) is 27.7 Å². The fraction of sp³-hybridized carbons (Fsp3) is 0.111. The zero-order valence-electron chi connectivity index (χ0n) is 34.4. The molecule has 300 valence electrons. The third kappa shape index (κ3) is 5.95. The zero-order valence-corrected chi connectivity index (χ0v) is 35.2. The van der Waals surface area contributed by atoms with Crippen molar-refractivity contribution >= 4 is 112 Å². The molecule has 8 aromatic carbocycles. The Morgan fingerprint density at radius 3 is 1.24 bits per heavy atom. The molecule has 0 radical (unpaired) electrons. The Morgan fingerprint density at radius 1 is 0.339 bits per heavy atom. The Kier molecular flexibility index (Phi) is 8.13. The Morgan fingerprint density at radius 2 is 0.710 bits per heavy atom. The first-order valence-electron chi connectivity index (χ1n) is 20.8. The van der Waals surface area contributed by atoms with Crippen molar-refractivity contribution in [2.24, 2.45) is 0 Å². The minimum absolute atomic E-state index is 0.379. The topological polar surface area (TPSA) is 71.0 Å². The van der Waals surface area contributed by atoms with Gasteiger partial charge in [-0.15, -0.1) is 0 Å². The summed E-state index contributed by atoms with van der Waals surface area (Å²) in [6, 6.07) is 53.7. The molecule has 4 aromatic heterocycles. The highest BCUT2D eigenvalue weighted by molar-refractivity contribution is 6.62. The molecule has 1 aliphatic rings.